The molecule has 158 valence electrons. The molecule has 30 heavy (non-hydrogen) atoms. The monoisotopic (exact) mass is 445 g/mol. The van der Waals surface area contributed by atoms with E-state index in [1.165, 1.54) is 28.6 Å². The van der Waals surface area contributed by atoms with Gasteiger partial charge in [-0.25, -0.2) is 4.98 Å². The zero-order chi connectivity index (χ0) is 20.7. The van der Waals surface area contributed by atoms with Gasteiger partial charge in [-0.05, 0) is 44.1 Å². The first-order chi connectivity index (χ1) is 14.6. The minimum absolute atomic E-state index is 0.0343. The summed E-state index contributed by atoms with van der Waals surface area (Å²) in [6.07, 6.45) is 6.32. The number of aryl methyl sites for hydroxylation is 2. The molecular weight excluding hydrogens is 422 g/mol. The summed E-state index contributed by atoms with van der Waals surface area (Å²) < 4.78 is 7.58. The Morgan fingerprint density at radius 2 is 1.90 bits per heavy atom. The van der Waals surface area contributed by atoms with Gasteiger partial charge in [-0.1, -0.05) is 11.8 Å². The summed E-state index contributed by atoms with van der Waals surface area (Å²) in [7, 11) is 0. The maximum Gasteiger partial charge on any atom is 0.263 e. The summed E-state index contributed by atoms with van der Waals surface area (Å²) >= 11 is 3.07. The van der Waals surface area contributed by atoms with E-state index in [0.717, 1.165) is 48.9 Å². The van der Waals surface area contributed by atoms with Gasteiger partial charge in [-0.3, -0.25) is 9.36 Å². The molecule has 1 atom stereocenters. The predicted octanol–water partition coefficient (Wildman–Crippen LogP) is 2.16. The Kier molecular flexibility index (Phi) is 5.34. The Morgan fingerprint density at radius 1 is 1.10 bits per heavy atom. The predicted molar refractivity (Wildman–Crippen MR) is 118 cm³/mol. The largest absolute Gasteiger partial charge is 0.376 e. The molecule has 0 saturated carbocycles. The molecule has 3 aromatic heterocycles. The summed E-state index contributed by atoms with van der Waals surface area (Å²) in [5.41, 5.74) is 12.6. The van der Waals surface area contributed by atoms with E-state index < -0.39 is 0 Å². The first-order valence-electron chi connectivity index (χ1n) is 10.1. The van der Waals surface area contributed by atoms with Gasteiger partial charge in [0.05, 0.1) is 23.8 Å². The van der Waals surface area contributed by atoms with Gasteiger partial charge in [0, 0.05) is 11.5 Å². The Hall–Kier alpha value is -2.24. The number of nitrogen functional groups attached to an aromatic ring is 2. The molecule has 5 rings (SSSR count). The second kappa shape index (κ2) is 8.12. The molecule has 0 bridgehead atoms. The van der Waals surface area contributed by atoms with Gasteiger partial charge < -0.3 is 16.2 Å². The van der Waals surface area contributed by atoms with Crippen LogP contribution in [0, 0.1) is 0 Å². The molecule has 0 unspecified atom stereocenters. The fraction of sp³-hybridized carbons (Fsp3) is 0.526. The highest BCUT2D eigenvalue weighted by Gasteiger charge is 2.25. The summed E-state index contributed by atoms with van der Waals surface area (Å²) in [5, 5.41) is 1.45. The second-order valence-electron chi connectivity index (χ2n) is 7.59. The van der Waals surface area contributed by atoms with Gasteiger partial charge in [0.15, 0.2) is 5.16 Å². The van der Waals surface area contributed by atoms with E-state index in [2.05, 4.69) is 15.0 Å². The summed E-state index contributed by atoms with van der Waals surface area (Å²) in [4.78, 5) is 32.7. The second-order valence-corrected chi connectivity index (χ2v) is 9.62. The molecule has 4 heterocycles. The lowest BCUT2D eigenvalue weighted by Gasteiger charge is -2.16. The van der Waals surface area contributed by atoms with E-state index in [0.29, 0.717) is 23.3 Å². The highest BCUT2D eigenvalue weighted by atomic mass is 32.2. The van der Waals surface area contributed by atoms with Crippen molar-refractivity contribution in [1.29, 1.82) is 0 Å². The van der Waals surface area contributed by atoms with E-state index in [9.17, 15) is 4.79 Å². The highest BCUT2D eigenvalue weighted by Crippen LogP contribution is 2.35. The van der Waals surface area contributed by atoms with Crippen molar-refractivity contribution in [3.05, 3.63) is 26.6 Å². The molecule has 0 spiro atoms. The lowest BCUT2D eigenvalue weighted by atomic mass is 9.97. The average Bonchev–Trinajstić information content (AvgIpc) is 3.35. The number of nitrogens with two attached hydrogens (primary N) is 2. The Labute approximate surface area is 181 Å². The number of aromatic nitrogens is 5. The van der Waals surface area contributed by atoms with E-state index in [1.54, 1.807) is 15.9 Å². The Morgan fingerprint density at radius 3 is 2.67 bits per heavy atom. The zero-order valence-corrected chi connectivity index (χ0v) is 18.1. The minimum Gasteiger partial charge on any atom is -0.376 e. The van der Waals surface area contributed by atoms with Crippen molar-refractivity contribution in [3.8, 4) is 0 Å². The topological polar surface area (TPSA) is 135 Å². The SMILES string of the molecule is Nc1nc(N)nc(CSc2nc3sc4c(c3c(=O)n2C[C@@H]2CCCO2)CCCC4)n1. The van der Waals surface area contributed by atoms with Gasteiger partial charge >= 0.3 is 0 Å². The number of rotatable bonds is 5. The van der Waals surface area contributed by atoms with Crippen LogP contribution >= 0.6 is 23.1 Å². The van der Waals surface area contributed by atoms with Crippen LogP contribution in [0.3, 0.4) is 0 Å². The smallest absolute Gasteiger partial charge is 0.263 e. The van der Waals surface area contributed by atoms with E-state index in [1.807, 2.05) is 0 Å². The number of hydrogen-bond donors (Lipinski definition) is 2. The average molecular weight is 446 g/mol. The quantitative estimate of drug-likeness (QED) is 0.447. The summed E-state index contributed by atoms with van der Waals surface area (Å²) in [6, 6.07) is 0. The zero-order valence-electron chi connectivity index (χ0n) is 16.5. The van der Waals surface area contributed by atoms with Crippen LogP contribution in [0.1, 0.15) is 41.9 Å². The number of anilines is 2. The maximum absolute atomic E-state index is 13.6. The first-order valence-corrected chi connectivity index (χ1v) is 11.9. The van der Waals surface area contributed by atoms with Gasteiger partial charge in [-0.15, -0.1) is 11.3 Å². The fourth-order valence-electron chi connectivity index (χ4n) is 4.13. The van der Waals surface area contributed by atoms with Crippen molar-refractivity contribution in [1.82, 2.24) is 24.5 Å². The molecule has 1 saturated heterocycles. The number of thioether (sulfide) groups is 1. The van der Waals surface area contributed by atoms with Crippen LogP contribution in [0.25, 0.3) is 10.2 Å². The van der Waals surface area contributed by atoms with Crippen LogP contribution in [-0.2, 0) is 29.9 Å². The van der Waals surface area contributed by atoms with Crippen molar-refractivity contribution in [2.45, 2.75) is 62.1 Å². The van der Waals surface area contributed by atoms with Crippen molar-refractivity contribution < 1.29 is 4.74 Å². The lowest BCUT2D eigenvalue weighted by molar-refractivity contribution is 0.0937. The van der Waals surface area contributed by atoms with Gasteiger partial charge in [0.2, 0.25) is 11.9 Å². The molecule has 11 heteroatoms. The maximum atomic E-state index is 13.6. The molecule has 2 aliphatic rings. The van der Waals surface area contributed by atoms with Crippen LogP contribution in [0.4, 0.5) is 11.9 Å². The van der Waals surface area contributed by atoms with Gasteiger partial charge in [0.25, 0.3) is 5.56 Å². The van der Waals surface area contributed by atoms with E-state index >= 15 is 0 Å². The number of ether oxygens (including phenoxy) is 1. The molecule has 1 aliphatic carbocycles. The van der Waals surface area contributed by atoms with Crippen LogP contribution in [0.2, 0.25) is 0 Å². The van der Waals surface area contributed by atoms with Gasteiger partial charge in [0.1, 0.15) is 10.7 Å². The van der Waals surface area contributed by atoms with Crippen LogP contribution in [0.15, 0.2) is 9.95 Å². The van der Waals surface area contributed by atoms with Crippen molar-refractivity contribution in [2.24, 2.45) is 0 Å². The number of fused-ring (bicyclic) bond motifs is 3. The summed E-state index contributed by atoms with van der Waals surface area (Å²) in [5.74, 6) is 1.03. The summed E-state index contributed by atoms with van der Waals surface area (Å²) in [6.45, 7) is 1.25. The third-order valence-electron chi connectivity index (χ3n) is 5.50. The first kappa shape index (κ1) is 19.7. The molecule has 0 amide bonds. The minimum atomic E-state index is 0.0343. The van der Waals surface area contributed by atoms with Gasteiger partial charge in [-0.2, -0.15) is 15.0 Å². The molecule has 4 N–H and O–H groups in total. The Balaban J connectivity index is 1.55. The van der Waals surface area contributed by atoms with Crippen LogP contribution in [0.5, 0.6) is 0 Å². The number of hydrogen-bond acceptors (Lipinski definition) is 10. The van der Waals surface area contributed by atoms with E-state index in [4.69, 9.17) is 21.2 Å². The molecule has 0 radical (unpaired) electrons. The highest BCUT2D eigenvalue weighted by molar-refractivity contribution is 7.98. The molecule has 1 aliphatic heterocycles. The molecular formula is C19H23N7O2S2. The third-order valence-corrected chi connectivity index (χ3v) is 7.65. The standard InChI is InChI=1S/C19H23N7O2S2/c20-17-22-13(23-18(21)25-17)9-29-19-24-15-14(11-5-1-2-6-12(11)30-15)16(27)26(19)8-10-4-3-7-28-10/h10H,1-9H2,(H4,20,21,22,23,25)/t10-/m0/s1. The number of thiophene rings is 1. The Bertz CT molecular complexity index is 1130. The lowest BCUT2D eigenvalue weighted by Crippen LogP contribution is -2.29. The van der Waals surface area contributed by atoms with Crippen molar-refractivity contribution >= 4 is 45.2 Å². The number of nitrogens with zero attached hydrogens (tertiary/aromatic N) is 5. The molecule has 1 fully saturated rings. The normalized spacial score (nSPS) is 18.7. The van der Waals surface area contributed by atoms with Crippen LogP contribution < -0.4 is 17.0 Å². The molecule has 0 aromatic carbocycles. The van der Waals surface area contributed by atoms with Crippen molar-refractivity contribution in [3.63, 3.8) is 0 Å². The van der Waals surface area contributed by atoms with Crippen molar-refractivity contribution in [2.75, 3.05) is 18.1 Å². The fourth-order valence-corrected chi connectivity index (χ4v) is 6.30. The molecule has 3 aromatic rings. The third kappa shape index (κ3) is 3.77. The molecule has 9 nitrogen and oxygen atoms in total. The van der Waals surface area contributed by atoms with E-state index in [-0.39, 0.29) is 23.6 Å². The van der Waals surface area contributed by atoms with Crippen LogP contribution in [-0.4, -0.2) is 37.2 Å².